The summed E-state index contributed by atoms with van der Waals surface area (Å²) >= 11 is 0. The number of sulfonamides is 1. The summed E-state index contributed by atoms with van der Waals surface area (Å²) in [4.78, 5) is 25.9. The van der Waals surface area contributed by atoms with Crippen molar-refractivity contribution in [2.45, 2.75) is 37.6 Å². The van der Waals surface area contributed by atoms with E-state index in [1.165, 1.54) is 57.6 Å². The molecule has 0 aromatic heterocycles. The number of methoxy groups -OCH3 is 1. The predicted octanol–water partition coefficient (Wildman–Crippen LogP) is 4.41. The smallest absolute Gasteiger partial charge is 0.273 e. The Morgan fingerprint density at radius 1 is 1.03 bits per heavy atom. The minimum atomic E-state index is -4.32. The fourth-order valence-electron chi connectivity index (χ4n) is 4.50. The number of benzene rings is 3. The maximum absolute atomic E-state index is 13.7. The van der Waals surface area contributed by atoms with E-state index in [4.69, 9.17) is 4.74 Å². The Balaban J connectivity index is 1.53. The minimum absolute atomic E-state index is 0.222. The van der Waals surface area contributed by atoms with Crippen LogP contribution in [0.25, 0.3) is 0 Å². The van der Waals surface area contributed by atoms with E-state index in [2.05, 4.69) is 10.2 Å². The van der Waals surface area contributed by atoms with Crippen molar-refractivity contribution < 1.29 is 22.9 Å². The molecule has 1 amide bonds. The summed E-state index contributed by atoms with van der Waals surface area (Å²) in [6.45, 7) is 3.32. The second-order valence-corrected chi connectivity index (χ2v) is 11.3. The third-order valence-corrected chi connectivity index (χ3v) is 8.53. The molecule has 0 bridgehead atoms. The van der Waals surface area contributed by atoms with Crippen LogP contribution in [0, 0.1) is 17.0 Å². The van der Waals surface area contributed by atoms with Gasteiger partial charge in [0.15, 0.2) is 0 Å². The fourth-order valence-corrected chi connectivity index (χ4v) is 5.94. The number of nitro benzene ring substituents is 1. The molecule has 11 heteroatoms. The van der Waals surface area contributed by atoms with Gasteiger partial charge in [0.2, 0.25) is 5.91 Å². The van der Waals surface area contributed by atoms with Gasteiger partial charge in [-0.2, -0.15) is 0 Å². The molecule has 10 nitrogen and oxygen atoms in total. The van der Waals surface area contributed by atoms with Crippen LogP contribution in [0.2, 0.25) is 0 Å². The van der Waals surface area contributed by atoms with Crippen LogP contribution >= 0.6 is 0 Å². The lowest BCUT2D eigenvalue weighted by Gasteiger charge is -2.28. The quantitative estimate of drug-likeness (QED) is 0.292. The van der Waals surface area contributed by atoms with Crippen LogP contribution in [-0.2, 0) is 21.4 Å². The molecule has 1 saturated heterocycles. The van der Waals surface area contributed by atoms with Crippen molar-refractivity contribution >= 4 is 33.0 Å². The average Bonchev–Trinajstić information content (AvgIpc) is 2.95. The molecule has 1 aliphatic heterocycles. The molecule has 4 rings (SSSR count). The molecule has 39 heavy (non-hydrogen) atoms. The molecule has 1 fully saturated rings. The van der Waals surface area contributed by atoms with E-state index in [9.17, 15) is 23.3 Å². The zero-order chi connectivity index (χ0) is 28.0. The van der Waals surface area contributed by atoms with Crippen LogP contribution in [0.15, 0.2) is 71.6 Å². The van der Waals surface area contributed by atoms with Gasteiger partial charge in [-0.15, -0.1) is 0 Å². The van der Waals surface area contributed by atoms with E-state index in [-0.39, 0.29) is 22.8 Å². The number of nitrogens with zero attached hydrogens (tertiary/aromatic N) is 3. The van der Waals surface area contributed by atoms with Gasteiger partial charge < -0.3 is 15.0 Å². The molecule has 0 radical (unpaired) electrons. The lowest BCUT2D eigenvalue weighted by Crippen LogP contribution is -2.40. The topological polar surface area (TPSA) is 122 Å². The number of hydrogen-bond acceptors (Lipinski definition) is 7. The summed E-state index contributed by atoms with van der Waals surface area (Å²) in [5.74, 6) is -0.00404. The molecule has 206 valence electrons. The number of ether oxygens (including phenoxy) is 1. The van der Waals surface area contributed by atoms with Gasteiger partial charge in [0, 0.05) is 37.0 Å². The first kappa shape index (κ1) is 27.9. The van der Waals surface area contributed by atoms with Gasteiger partial charge in [0.05, 0.1) is 22.6 Å². The number of carbonyl (C=O) groups is 1. The van der Waals surface area contributed by atoms with Crippen molar-refractivity contribution in [3.05, 3.63) is 88.0 Å². The maximum Gasteiger partial charge on any atom is 0.273 e. The lowest BCUT2D eigenvalue weighted by atomic mass is 10.1. The van der Waals surface area contributed by atoms with Crippen molar-refractivity contribution in [1.82, 2.24) is 5.32 Å². The van der Waals surface area contributed by atoms with E-state index in [1.54, 1.807) is 12.1 Å². The largest absolute Gasteiger partial charge is 0.497 e. The van der Waals surface area contributed by atoms with Crippen LogP contribution in [-0.4, -0.2) is 46.0 Å². The maximum atomic E-state index is 13.7. The number of aryl methyl sites for hydroxylation is 1. The van der Waals surface area contributed by atoms with Gasteiger partial charge in [0.25, 0.3) is 15.7 Å². The molecular weight excluding hydrogens is 520 g/mol. The number of nitro groups is 1. The van der Waals surface area contributed by atoms with Crippen molar-refractivity contribution in [2.24, 2.45) is 0 Å². The van der Waals surface area contributed by atoms with E-state index in [0.29, 0.717) is 11.3 Å². The van der Waals surface area contributed by atoms with Gasteiger partial charge in [-0.3, -0.25) is 19.2 Å². The number of nitrogens with one attached hydrogen (secondary N) is 1. The SMILES string of the molecule is COc1ccc(N(CC(=O)NCc2ccc(N3CCCCC3)cc2)S(=O)(=O)c2ccc(C)c([N+](=O)[O-])c2)cc1. The van der Waals surface area contributed by atoms with Gasteiger partial charge >= 0.3 is 0 Å². The summed E-state index contributed by atoms with van der Waals surface area (Å²) in [6.07, 6.45) is 3.62. The summed E-state index contributed by atoms with van der Waals surface area (Å²) in [6, 6.07) is 17.9. The van der Waals surface area contributed by atoms with E-state index in [1.807, 2.05) is 24.3 Å². The Morgan fingerprint density at radius 3 is 2.31 bits per heavy atom. The summed E-state index contributed by atoms with van der Waals surface area (Å²) < 4.78 is 33.4. The Kier molecular flexibility index (Phi) is 8.70. The van der Waals surface area contributed by atoms with E-state index < -0.39 is 27.4 Å². The van der Waals surface area contributed by atoms with Gasteiger partial charge in [-0.1, -0.05) is 18.2 Å². The Labute approximate surface area is 228 Å². The molecule has 0 saturated carbocycles. The Bertz CT molecular complexity index is 1420. The normalized spacial score (nSPS) is 13.5. The molecule has 0 unspecified atom stereocenters. The van der Waals surface area contributed by atoms with Crippen LogP contribution in [0.4, 0.5) is 17.1 Å². The van der Waals surface area contributed by atoms with Crippen LogP contribution in [0.5, 0.6) is 5.75 Å². The highest BCUT2D eigenvalue weighted by Gasteiger charge is 2.29. The molecule has 3 aromatic rings. The van der Waals surface area contributed by atoms with Crippen LogP contribution < -0.4 is 19.3 Å². The minimum Gasteiger partial charge on any atom is -0.497 e. The number of hydrogen-bond donors (Lipinski definition) is 1. The third kappa shape index (κ3) is 6.66. The molecule has 0 aliphatic carbocycles. The first-order chi connectivity index (χ1) is 18.7. The number of rotatable bonds is 10. The molecule has 1 N–H and O–H groups in total. The number of amides is 1. The number of carbonyl (C=O) groups excluding carboxylic acids is 1. The Hall–Kier alpha value is -4.12. The highest BCUT2D eigenvalue weighted by molar-refractivity contribution is 7.92. The zero-order valence-electron chi connectivity index (χ0n) is 22.0. The highest BCUT2D eigenvalue weighted by Crippen LogP contribution is 2.29. The monoisotopic (exact) mass is 552 g/mol. The van der Waals surface area contributed by atoms with Gasteiger partial charge in [-0.05, 0) is 74.2 Å². The molecule has 1 aliphatic rings. The van der Waals surface area contributed by atoms with E-state index in [0.717, 1.165) is 34.7 Å². The predicted molar refractivity (Wildman–Crippen MR) is 150 cm³/mol. The van der Waals surface area contributed by atoms with Crippen LogP contribution in [0.3, 0.4) is 0 Å². The number of piperidine rings is 1. The average molecular weight is 553 g/mol. The summed E-state index contributed by atoms with van der Waals surface area (Å²) in [7, 11) is -2.83. The Morgan fingerprint density at radius 2 is 1.69 bits per heavy atom. The summed E-state index contributed by atoms with van der Waals surface area (Å²) in [5.41, 5.74) is 2.27. The van der Waals surface area contributed by atoms with Crippen molar-refractivity contribution in [3.8, 4) is 5.75 Å². The van der Waals surface area contributed by atoms with Gasteiger partial charge in [-0.25, -0.2) is 8.42 Å². The first-order valence-electron chi connectivity index (χ1n) is 12.7. The van der Waals surface area contributed by atoms with Gasteiger partial charge in [0.1, 0.15) is 12.3 Å². The van der Waals surface area contributed by atoms with Crippen LogP contribution in [0.1, 0.15) is 30.4 Å². The summed E-state index contributed by atoms with van der Waals surface area (Å²) in [5, 5.41) is 14.2. The standard InChI is InChI=1S/C28H32N4O6S/c1-21-6-15-26(18-27(21)32(34)35)39(36,37)31(24-11-13-25(38-2)14-12-24)20-28(33)29-19-22-7-9-23(10-8-22)30-16-4-3-5-17-30/h6-15,18H,3-5,16-17,19-20H2,1-2H3,(H,29,33). The number of anilines is 2. The highest BCUT2D eigenvalue weighted by atomic mass is 32.2. The fraction of sp³-hybridized carbons (Fsp3) is 0.321. The molecule has 0 atom stereocenters. The van der Waals surface area contributed by atoms with Crippen molar-refractivity contribution in [1.29, 1.82) is 0 Å². The molecule has 0 spiro atoms. The third-order valence-electron chi connectivity index (χ3n) is 6.76. The molecular formula is C28H32N4O6S. The second kappa shape index (κ2) is 12.2. The first-order valence-corrected chi connectivity index (χ1v) is 14.2. The molecule has 3 aromatic carbocycles. The lowest BCUT2D eigenvalue weighted by molar-refractivity contribution is -0.385. The molecule has 1 heterocycles. The van der Waals surface area contributed by atoms with E-state index >= 15 is 0 Å². The van der Waals surface area contributed by atoms with Crippen molar-refractivity contribution in [2.75, 3.05) is 35.9 Å². The second-order valence-electron chi connectivity index (χ2n) is 9.41. The van der Waals surface area contributed by atoms with Crippen molar-refractivity contribution in [3.63, 3.8) is 0 Å². The zero-order valence-corrected chi connectivity index (χ0v) is 22.8.